The zero-order valence-corrected chi connectivity index (χ0v) is 14.4. The molecule has 2 amide bonds. The van der Waals surface area contributed by atoms with Crippen LogP contribution in [0.5, 0.6) is 0 Å². The van der Waals surface area contributed by atoms with Crippen molar-refractivity contribution < 1.29 is 9.59 Å². The second-order valence-electron chi connectivity index (χ2n) is 6.42. The maximum absolute atomic E-state index is 12.6. The summed E-state index contributed by atoms with van der Waals surface area (Å²) in [4.78, 5) is 45.5. The molecule has 0 aromatic carbocycles. The molecule has 0 atom stereocenters. The molecule has 0 radical (unpaired) electrons. The minimum absolute atomic E-state index is 0.0542. The topological polar surface area (TPSA) is 95.2 Å². The van der Waals surface area contributed by atoms with E-state index < -0.39 is 0 Å². The number of carbonyl (C=O) groups excluding carboxylic acids is 2. The average Bonchev–Trinajstić information content (AvgIpc) is 2.94. The lowest BCUT2D eigenvalue weighted by molar-refractivity contribution is -0.122. The molecule has 3 heterocycles. The Kier molecular flexibility index (Phi) is 4.12. The first-order chi connectivity index (χ1) is 12.1. The molecule has 2 aliphatic rings. The fourth-order valence-electron chi connectivity index (χ4n) is 3.03. The van der Waals surface area contributed by atoms with Crippen molar-refractivity contribution in [1.82, 2.24) is 14.9 Å². The van der Waals surface area contributed by atoms with Crippen molar-refractivity contribution in [3.05, 3.63) is 44.8 Å². The van der Waals surface area contributed by atoms with E-state index in [1.807, 2.05) is 0 Å². The standard InChI is InChI=1S/C17H18N4O3S/c22-14-5-4-11(8-18-14)16(24)21-7-6-12-13(9-21)25-17(19-12)20-15(23)10-2-1-3-10/h4-5,8,10H,1-3,6-7,9H2,(H,18,22)(H,19,20,23). The second-order valence-corrected chi connectivity index (χ2v) is 7.51. The first kappa shape index (κ1) is 16.0. The van der Waals surface area contributed by atoms with Gasteiger partial charge in [0.2, 0.25) is 11.5 Å². The van der Waals surface area contributed by atoms with Gasteiger partial charge in [0.1, 0.15) is 0 Å². The minimum atomic E-state index is -0.230. The van der Waals surface area contributed by atoms with Gasteiger partial charge in [-0.1, -0.05) is 17.8 Å². The highest BCUT2D eigenvalue weighted by Gasteiger charge is 2.28. The maximum atomic E-state index is 12.6. The summed E-state index contributed by atoms with van der Waals surface area (Å²) < 4.78 is 0. The monoisotopic (exact) mass is 358 g/mol. The van der Waals surface area contributed by atoms with E-state index in [0.29, 0.717) is 30.2 Å². The lowest BCUT2D eigenvalue weighted by Gasteiger charge is -2.26. The Morgan fingerprint density at radius 2 is 2.16 bits per heavy atom. The molecule has 0 unspecified atom stereocenters. The molecule has 2 N–H and O–H groups in total. The predicted octanol–water partition coefficient (Wildman–Crippen LogP) is 1.77. The van der Waals surface area contributed by atoms with E-state index in [1.54, 1.807) is 4.90 Å². The Morgan fingerprint density at radius 1 is 1.32 bits per heavy atom. The van der Waals surface area contributed by atoms with E-state index >= 15 is 0 Å². The number of fused-ring (bicyclic) bond motifs is 1. The summed E-state index contributed by atoms with van der Waals surface area (Å²) in [6.45, 7) is 1.05. The number of nitrogens with zero attached hydrogens (tertiary/aromatic N) is 2. The molecule has 25 heavy (non-hydrogen) atoms. The van der Waals surface area contributed by atoms with Gasteiger partial charge in [-0.2, -0.15) is 0 Å². The van der Waals surface area contributed by atoms with Crippen molar-refractivity contribution in [2.24, 2.45) is 5.92 Å². The number of anilines is 1. The van der Waals surface area contributed by atoms with Gasteiger partial charge < -0.3 is 15.2 Å². The fraction of sp³-hybridized carbons (Fsp3) is 0.412. The highest BCUT2D eigenvalue weighted by molar-refractivity contribution is 7.15. The van der Waals surface area contributed by atoms with E-state index in [0.717, 1.165) is 29.8 Å². The molecular weight excluding hydrogens is 340 g/mol. The molecule has 0 saturated heterocycles. The van der Waals surface area contributed by atoms with Crippen LogP contribution in [-0.2, 0) is 17.8 Å². The van der Waals surface area contributed by atoms with Crippen molar-refractivity contribution in [3.8, 4) is 0 Å². The number of hydrogen-bond acceptors (Lipinski definition) is 5. The molecule has 1 aliphatic carbocycles. The summed E-state index contributed by atoms with van der Waals surface area (Å²) in [5.41, 5.74) is 1.19. The van der Waals surface area contributed by atoms with Crippen LogP contribution in [0, 0.1) is 5.92 Å². The summed E-state index contributed by atoms with van der Waals surface area (Å²) in [6.07, 6.45) is 5.14. The number of aromatic nitrogens is 2. The van der Waals surface area contributed by atoms with Crippen LogP contribution in [0.15, 0.2) is 23.1 Å². The van der Waals surface area contributed by atoms with Crippen LogP contribution < -0.4 is 10.9 Å². The summed E-state index contributed by atoms with van der Waals surface area (Å²) in [5.74, 6) is 0.0631. The van der Waals surface area contributed by atoms with Gasteiger partial charge in [0.05, 0.1) is 17.8 Å². The van der Waals surface area contributed by atoms with Gasteiger partial charge in [-0.05, 0) is 18.9 Å². The van der Waals surface area contributed by atoms with Crippen LogP contribution in [0.1, 0.15) is 40.2 Å². The third-order valence-electron chi connectivity index (χ3n) is 4.76. The van der Waals surface area contributed by atoms with E-state index in [1.165, 1.54) is 29.7 Å². The van der Waals surface area contributed by atoms with Gasteiger partial charge >= 0.3 is 0 Å². The van der Waals surface area contributed by atoms with Gasteiger partial charge in [0.25, 0.3) is 5.91 Å². The van der Waals surface area contributed by atoms with Crippen LogP contribution in [0.2, 0.25) is 0 Å². The summed E-state index contributed by atoms with van der Waals surface area (Å²) >= 11 is 1.44. The number of H-pyrrole nitrogens is 1. The summed E-state index contributed by atoms with van der Waals surface area (Å²) in [6, 6.07) is 2.89. The van der Waals surface area contributed by atoms with Gasteiger partial charge in [-0.3, -0.25) is 14.4 Å². The smallest absolute Gasteiger partial charge is 0.255 e. The quantitative estimate of drug-likeness (QED) is 0.874. The van der Waals surface area contributed by atoms with Crippen LogP contribution >= 0.6 is 11.3 Å². The number of nitrogens with one attached hydrogen (secondary N) is 2. The molecule has 2 aromatic heterocycles. The van der Waals surface area contributed by atoms with Crippen molar-refractivity contribution in [3.63, 3.8) is 0 Å². The Labute approximate surface area is 148 Å². The normalized spacial score (nSPS) is 16.9. The molecule has 1 fully saturated rings. The first-order valence-electron chi connectivity index (χ1n) is 8.37. The van der Waals surface area contributed by atoms with Gasteiger partial charge in [-0.25, -0.2) is 4.98 Å². The van der Waals surface area contributed by atoms with Crippen molar-refractivity contribution in [1.29, 1.82) is 0 Å². The molecule has 2 aromatic rings. The highest BCUT2D eigenvalue weighted by Crippen LogP contribution is 2.31. The number of pyridine rings is 1. The lowest BCUT2D eigenvalue weighted by Crippen LogP contribution is -2.35. The Morgan fingerprint density at radius 3 is 2.84 bits per heavy atom. The highest BCUT2D eigenvalue weighted by atomic mass is 32.1. The number of rotatable bonds is 3. The SMILES string of the molecule is O=C(Nc1nc2c(s1)CN(C(=O)c1ccc(=O)[nH]c1)CC2)C1CCC1. The summed E-state index contributed by atoms with van der Waals surface area (Å²) in [7, 11) is 0. The zero-order valence-electron chi connectivity index (χ0n) is 13.6. The largest absolute Gasteiger partial charge is 0.333 e. The third kappa shape index (κ3) is 3.21. The molecular formula is C17H18N4O3S. The molecule has 8 heteroatoms. The Balaban J connectivity index is 1.45. The molecule has 1 aliphatic heterocycles. The number of aromatic amines is 1. The van der Waals surface area contributed by atoms with Gasteiger partial charge in [0.15, 0.2) is 5.13 Å². The number of thiazole rings is 1. The van der Waals surface area contributed by atoms with Crippen molar-refractivity contribution >= 4 is 28.3 Å². The third-order valence-corrected chi connectivity index (χ3v) is 5.75. The minimum Gasteiger partial charge on any atom is -0.333 e. The molecule has 4 rings (SSSR count). The van der Waals surface area contributed by atoms with Gasteiger partial charge in [0, 0.05) is 36.0 Å². The molecule has 0 spiro atoms. The van der Waals surface area contributed by atoms with Crippen LogP contribution in [0.3, 0.4) is 0 Å². The average molecular weight is 358 g/mol. The molecule has 0 bridgehead atoms. The van der Waals surface area contributed by atoms with E-state index in [9.17, 15) is 14.4 Å². The Bertz CT molecular complexity index is 864. The van der Waals surface area contributed by atoms with Crippen molar-refractivity contribution in [2.75, 3.05) is 11.9 Å². The number of amides is 2. The van der Waals surface area contributed by atoms with E-state index in [-0.39, 0.29) is 23.3 Å². The second kappa shape index (κ2) is 6.44. The van der Waals surface area contributed by atoms with Gasteiger partial charge in [-0.15, -0.1) is 0 Å². The Hall–Kier alpha value is -2.48. The number of hydrogen-bond donors (Lipinski definition) is 2. The molecule has 130 valence electrons. The first-order valence-corrected chi connectivity index (χ1v) is 9.19. The predicted molar refractivity (Wildman–Crippen MR) is 93.6 cm³/mol. The maximum Gasteiger partial charge on any atom is 0.255 e. The zero-order chi connectivity index (χ0) is 17.4. The van der Waals surface area contributed by atoms with E-state index in [4.69, 9.17) is 0 Å². The van der Waals surface area contributed by atoms with Crippen LogP contribution in [0.4, 0.5) is 5.13 Å². The number of carbonyl (C=O) groups is 2. The van der Waals surface area contributed by atoms with Crippen LogP contribution in [0.25, 0.3) is 0 Å². The molecule has 7 nitrogen and oxygen atoms in total. The van der Waals surface area contributed by atoms with E-state index in [2.05, 4.69) is 15.3 Å². The summed E-state index contributed by atoms with van der Waals surface area (Å²) in [5, 5.41) is 3.53. The fourth-order valence-corrected chi connectivity index (χ4v) is 4.05. The van der Waals surface area contributed by atoms with Crippen LogP contribution in [-0.4, -0.2) is 33.2 Å². The molecule has 1 saturated carbocycles. The van der Waals surface area contributed by atoms with Crippen molar-refractivity contribution in [2.45, 2.75) is 32.2 Å². The lowest BCUT2D eigenvalue weighted by atomic mass is 9.85.